The number of imidazole rings is 1. The van der Waals surface area contributed by atoms with Gasteiger partial charge in [0.05, 0.1) is 12.2 Å². The molecule has 38 heavy (non-hydrogen) atoms. The molecule has 1 atom stereocenters. The number of carbonyl (C=O) groups excluding carboxylic acids is 1. The predicted octanol–water partition coefficient (Wildman–Crippen LogP) is 5.26. The molecule has 2 aromatic heterocycles. The van der Waals surface area contributed by atoms with Gasteiger partial charge in [-0.25, -0.2) is 9.97 Å². The van der Waals surface area contributed by atoms with Crippen LogP contribution in [0.4, 0.5) is 29.0 Å². The van der Waals surface area contributed by atoms with Crippen LogP contribution < -0.4 is 15.5 Å². The summed E-state index contributed by atoms with van der Waals surface area (Å²) in [6.45, 7) is 7.12. The molecule has 2 fully saturated rings. The van der Waals surface area contributed by atoms with E-state index in [9.17, 15) is 4.79 Å². The van der Waals surface area contributed by atoms with E-state index in [0.29, 0.717) is 30.5 Å². The second kappa shape index (κ2) is 10.5. The molecule has 0 radical (unpaired) electrons. The third kappa shape index (κ3) is 4.91. The van der Waals surface area contributed by atoms with Gasteiger partial charge in [-0.1, -0.05) is 24.8 Å². The SMILES string of the molecule is C=CC(=O)N1CC[C@H](n2c(Nc3ccccc3)nc3cnc(Nc4ccc(N5CCCCC5)cc4)nc32)C1. The third-order valence-corrected chi connectivity index (χ3v) is 7.32. The fourth-order valence-electron chi connectivity index (χ4n) is 5.35. The van der Waals surface area contributed by atoms with E-state index in [2.05, 4.69) is 55.9 Å². The average molecular weight is 509 g/mol. The summed E-state index contributed by atoms with van der Waals surface area (Å²) in [7, 11) is 0. The molecule has 1 amide bonds. The lowest BCUT2D eigenvalue weighted by molar-refractivity contribution is -0.125. The first-order valence-electron chi connectivity index (χ1n) is 13.3. The molecule has 0 spiro atoms. The number of likely N-dealkylation sites (tertiary alicyclic amines) is 1. The first-order valence-corrected chi connectivity index (χ1v) is 13.3. The van der Waals surface area contributed by atoms with Gasteiger partial charge in [0, 0.05) is 43.2 Å². The van der Waals surface area contributed by atoms with Crippen molar-refractivity contribution in [3.05, 3.63) is 73.4 Å². The summed E-state index contributed by atoms with van der Waals surface area (Å²) in [4.78, 5) is 30.8. The molecular weight excluding hydrogens is 476 g/mol. The van der Waals surface area contributed by atoms with Crippen LogP contribution in [0.1, 0.15) is 31.7 Å². The van der Waals surface area contributed by atoms with Gasteiger partial charge in [-0.3, -0.25) is 9.36 Å². The molecule has 4 heterocycles. The van der Waals surface area contributed by atoms with Crippen LogP contribution in [-0.2, 0) is 4.79 Å². The van der Waals surface area contributed by atoms with Crippen LogP contribution in [0.5, 0.6) is 0 Å². The topological polar surface area (TPSA) is 91.2 Å². The van der Waals surface area contributed by atoms with Gasteiger partial charge in [0.2, 0.25) is 17.8 Å². The Morgan fingerprint density at radius 1 is 0.921 bits per heavy atom. The Hall–Kier alpha value is -4.40. The maximum Gasteiger partial charge on any atom is 0.246 e. The molecule has 2 aromatic carbocycles. The minimum Gasteiger partial charge on any atom is -0.372 e. The number of benzene rings is 2. The molecule has 0 aliphatic carbocycles. The highest BCUT2D eigenvalue weighted by molar-refractivity contribution is 5.87. The summed E-state index contributed by atoms with van der Waals surface area (Å²) in [5.74, 6) is 1.13. The quantitative estimate of drug-likeness (QED) is 0.329. The first-order chi connectivity index (χ1) is 18.7. The number of nitrogens with one attached hydrogen (secondary N) is 2. The molecular formula is C29H32N8O. The van der Waals surface area contributed by atoms with Crippen molar-refractivity contribution >= 4 is 46.0 Å². The second-order valence-electron chi connectivity index (χ2n) is 9.85. The van der Waals surface area contributed by atoms with E-state index in [4.69, 9.17) is 9.97 Å². The molecule has 2 N–H and O–H groups in total. The van der Waals surface area contributed by atoms with E-state index in [-0.39, 0.29) is 11.9 Å². The molecule has 194 valence electrons. The van der Waals surface area contributed by atoms with Gasteiger partial charge < -0.3 is 20.4 Å². The zero-order chi connectivity index (χ0) is 25.9. The number of aromatic nitrogens is 4. The van der Waals surface area contributed by atoms with Crippen LogP contribution in [0.25, 0.3) is 11.2 Å². The maximum absolute atomic E-state index is 12.3. The van der Waals surface area contributed by atoms with E-state index >= 15 is 0 Å². The van der Waals surface area contributed by atoms with E-state index < -0.39 is 0 Å². The fraction of sp³-hybridized carbons (Fsp3) is 0.310. The van der Waals surface area contributed by atoms with Crippen molar-refractivity contribution in [1.82, 2.24) is 24.4 Å². The molecule has 0 unspecified atom stereocenters. The zero-order valence-corrected chi connectivity index (χ0v) is 21.4. The van der Waals surface area contributed by atoms with Crippen molar-refractivity contribution < 1.29 is 4.79 Å². The Bertz CT molecular complexity index is 1430. The standard InChI is InChI=1S/C29H32N8O/c1-2-26(38)36-18-15-24(20-36)37-27-25(33-29(37)32-21-9-5-3-6-10-21)19-30-28(34-27)31-22-11-13-23(14-12-22)35-16-7-4-8-17-35/h2-3,5-6,9-14,19,24H,1,4,7-8,15-18,20H2,(H,32,33)(H,30,31,34)/t24-/m0/s1. The van der Waals surface area contributed by atoms with E-state index in [1.54, 1.807) is 6.20 Å². The lowest BCUT2D eigenvalue weighted by atomic mass is 10.1. The van der Waals surface area contributed by atoms with Crippen LogP contribution in [0, 0.1) is 0 Å². The number of amides is 1. The van der Waals surface area contributed by atoms with Crippen LogP contribution >= 0.6 is 0 Å². The van der Waals surface area contributed by atoms with Crippen LogP contribution in [0.3, 0.4) is 0 Å². The summed E-state index contributed by atoms with van der Waals surface area (Å²) in [5.41, 5.74) is 4.54. The number of nitrogens with zero attached hydrogens (tertiary/aromatic N) is 6. The second-order valence-corrected chi connectivity index (χ2v) is 9.85. The Morgan fingerprint density at radius 3 is 2.45 bits per heavy atom. The molecule has 2 aliphatic heterocycles. The van der Waals surface area contributed by atoms with Gasteiger partial charge >= 0.3 is 0 Å². The van der Waals surface area contributed by atoms with Crippen molar-refractivity contribution in [2.45, 2.75) is 31.7 Å². The van der Waals surface area contributed by atoms with Crippen LogP contribution in [-0.4, -0.2) is 56.5 Å². The summed E-state index contributed by atoms with van der Waals surface area (Å²) in [5, 5.41) is 6.80. The van der Waals surface area contributed by atoms with Crippen molar-refractivity contribution in [2.24, 2.45) is 0 Å². The maximum atomic E-state index is 12.3. The minimum absolute atomic E-state index is 0.0293. The molecule has 9 nitrogen and oxygen atoms in total. The number of piperidine rings is 1. The summed E-state index contributed by atoms with van der Waals surface area (Å²) >= 11 is 0. The Balaban J connectivity index is 1.30. The number of carbonyl (C=O) groups is 1. The summed E-state index contributed by atoms with van der Waals surface area (Å²) in [6.07, 6.45) is 7.75. The lowest BCUT2D eigenvalue weighted by Crippen LogP contribution is -2.29. The minimum atomic E-state index is -0.0560. The van der Waals surface area contributed by atoms with E-state index in [1.165, 1.54) is 31.0 Å². The largest absolute Gasteiger partial charge is 0.372 e. The highest BCUT2D eigenvalue weighted by Gasteiger charge is 2.30. The Labute approximate surface area is 222 Å². The first kappa shape index (κ1) is 24.0. The summed E-state index contributed by atoms with van der Waals surface area (Å²) < 4.78 is 2.10. The molecule has 0 saturated carbocycles. The number of hydrogen-bond donors (Lipinski definition) is 2. The molecule has 2 saturated heterocycles. The number of para-hydroxylation sites is 1. The summed E-state index contributed by atoms with van der Waals surface area (Å²) in [6, 6.07) is 18.4. The number of hydrogen-bond acceptors (Lipinski definition) is 7. The van der Waals surface area contributed by atoms with Gasteiger partial charge in [-0.2, -0.15) is 4.98 Å². The smallest absolute Gasteiger partial charge is 0.246 e. The highest BCUT2D eigenvalue weighted by atomic mass is 16.2. The van der Waals surface area contributed by atoms with Crippen molar-refractivity contribution in [2.75, 3.05) is 41.7 Å². The van der Waals surface area contributed by atoms with Gasteiger partial charge in [0.25, 0.3) is 0 Å². The number of anilines is 5. The normalized spacial score (nSPS) is 17.5. The van der Waals surface area contributed by atoms with Crippen molar-refractivity contribution in [3.63, 3.8) is 0 Å². The van der Waals surface area contributed by atoms with Crippen LogP contribution in [0.2, 0.25) is 0 Å². The molecule has 6 rings (SSSR count). The van der Waals surface area contributed by atoms with E-state index in [0.717, 1.165) is 36.5 Å². The molecule has 0 bridgehead atoms. The lowest BCUT2D eigenvalue weighted by Gasteiger charge is -2.28. The monoisotopic (exact) mass is 508 g/mol. The van der Waals surface area contributed by atoms with Gasteiger partial charge in [-0.05, 0) is 68.2 Å². The van der Waals surface area contributed by atoms with Crippen LogP contribution in [0.15, 0.2) is 73.4 Å². The van der Waals surface area contributed by atoms with Crippen molar-refractivity contribution in [1.29, 1.82) is 0 Å². The van der Waals surface area contributed by atoms with Gasteiger partial charge in [0.15, 0.2) is 5.65 Å². The zero-order valence-electron chi connectivity index (χ0n) is 21.4. The Kier molecular flexibility index (Phi) is 6.64. The molecule has 4 aromatic rings. The van der Waals surface area contributed by atoms with E-state index in [1.807, 2.05) is 35.2 Å². The Morgan fingerprint density at radius 2 is 1.68 bits per heavy atom. The van der Waals surface area contributed by atoms with Gasteiger partial charge in [0.1, 0.15) is 5.52 Å². The van der Waals surface area contributed by atoms with Crippen molar-refractivity contribution in [3.8, 4) is 0 Å². The third-order valence-electron chi connectivity index (χ3n) is 7.32. The van der Waals surface area contributed by atoms with Gasteiger partial charge in [-0.15, -0.1) is 0 Å². The highest BCUT2D eigenvalue weighted by Crippen LogP contribution is 2.32. The predicted molar refractivity (Wildman–Crippen MR) is 151 cm³/mol. The molecule has 2 aliphatic rings. The fourth-order valence-corrected chi connectivity index (χ4v) is 5.35. The molecule has 9 heteroatoms. The number of rotatable bonds is 7. The number of fused-ring (bicyclic) bond motifs is 1. The average Bonchev–Trinajstić information content (AvgIpc) is 3.58.